The van der Waals surface area contributed by atoms with Crippen LogP contribution < -0.4 is 4.74 Å². The van der Waals surface area contributed by atoms with Crippen molar-refractivity contribution in [3.05, 3.63) is 59.9 Å². The first-order valence-electron chi connectivity index (χ1n) is 12.5. The maximum absolute atomic E-state index is 12.9. The van der Waals surface area contributed by atoms with E-state index in [9.17, 15) is 14.7 Å². The monoisotopic (exact) mass is 478 g/mol. The Morgan fingerprint density at radius 2 is 1.83 bits per heavy atom. The van der Waals surface area contributed by atoms with E-state index >= 15 is 0 Å². The molecule has 0 aliphatic heterocycles. The van der Waals surface area contributed by atoms with Gasteiger partial charge >= 0.3 is 5.97 Å². The smallest absolute Gasteiger partial charge is 0.336 e. The van der Waals surface area contributed by atoms with Crippen LogP contribution in [0.3, 0.4) is 0 Å². The fraction of sp³-hybridized carbons (Fsp3) is 0.464. The largest absolute Gasteiger partial charge is 0.492 e. The molecule has 0 saturated heterocycles. The topological polar surface area (TPSA) is 90.7 Å². The highest BCUT2D eigenvalue weighted by Gasteiger charge is 2.34. The maximum atomic E-state index is 12.9. The quantitative estimate of drug-likeness (QED) is 0.376. The summed E-state index contributed by atoms with van der Waals surface area (Å²) in [6, 6.07) is 13.2. The molecular weight excluding hydrogens is 444 g/mol. The van der Waals surface area contributed by atoms with Gasteiger partial charge in [0.15, 0.2) is 11.4 Å². The summed E-state index contributed by atoms with van der Waals surface area (Å²) < 4.78 is 13.4. The van der Waals surface area contributed by atoms with E-state index in [4.69, 9.17) is 14.5 Å². The van der Waals surface area contributed by atoms with Gasteiger partial charge in [-0.1, -0.05) is 31.4 Å². The molecule has 0 unspecified atom stereocenters. The molecule has 0 amide bonds. The highest BCUT2D eigenvalue weighted by atomic mass is 16.5. The van der Waals surface area contributed by atoms with E-state index in [2.05, 4.69) is 0 Å². The Morgan fingerprint density at radius 3 is 2.51 bits per heavy atom. The number of carboxylic acids is 1. The van der Waals surface area contributed by atoms with Crippen molar-refractivity contribution in [3.8, 4) is 5.75 Å². The first kappa shape index (κ1) is 24.9. The molecule has 1 aliphatic carbocycles. The van der Waals surface area contributed by atoms with Crippen molar-refractivity contribution >= 4 is 22.8 Å². The van der Waals surface area contributed by atoms with Gasteiger partial charge in [-0.3, -0.25) is 4.79 Å². The lowest BCUT2D eigenvalue weighted by molar-refractivity contribution is -0.162. The van der Waals surface area contributed by atoms with Crippen molar-refractivity contribution in [2.45, 2.75) is 64.5 Å². The Balaban J connectivity index is 1.36. The van der Waals surface area contributed by atoms with Gasteiger partial charge in [-0.2, -0.15) is 0 Å². The van der Waals surface area contributed by atoms with Gasteiger partial charge in [0.1, 0.15) is 23.7 Å². The Labute approximate surface area is 206 Å². The van der Waals surface area contributed by atoms with E-state index < -0.39 is 11.6 Å². The van der Waals surface area contributed by atoms with Crippen LogP contribution in [0.15, 0.2) is 48.7 Å². The van der Waals surface area contributed by atoms with Gasteiger partial charge in [0.05, 0.1) is 6.54 Å². The second kappa shape index (κ2) is 11.0. The molecule has 7 heteroatoms. The van der Waals surface area contributed by atoms with Crippen molar-refractivity contribution < 1.29 is 24.2 Å². The first-order valence-corrected chi connectivity index (χ1v) is 12.5. The number of nitrogens with zero attached hydrogens (tertiary/aromatic N) is 2. The highest BCUT2D eigenvalue weighted by molar-refractivity contribution is 5.97. The van der Waals surface area contributed by atoms with Crippen LogP contribution in [-0.4, -0.2) is 45.2 Å². The van der Waals surface area contributed by atoms with Crippen molar-refractivity contribution in [2.24, 2.45) is 5.92 Å². The minimum absolute atomic E-state index is 0.102. The summed E-state index contributed by atoms with van der Waals surface area (Å²) >= 11 is 0. The summed E-state index contributed by atoms with van der Waals surface area (Å²) in [5.41, 5.74) is 0.971. The van der Waals surface area contributed by atoms with E-state index in [1.807, 2.05) is 53.2 Å². The van der Waals surface area contributed by atoms with Gasteiger partial charge in [-0.15, -0.1) is 0 Å². The molecule has 1 atom stereocenters. The van der Waals surface area contributed by atoms with Crippen LogP contribution in [0.5, 0.6) is 5.75 Å². The molecule has 2 heterocycles. The van der Waals surface area contributed by atoms with E-state index in [1.54, 1.807) is 13.8 Å². The SMILES string of the molecule is CCO[C@@](C)(Cc1ccc(OCCn2ccc3ccc(C(=O)C4CCCCC4)nc32)cc1)C(=O)O. The van der Waals surface area contributed by atoms with Crippen LogP contribution in [-0.2, 0) is 22.5 Å². The van der Waals surface area contributed by atoms with Crippen molar-refractivity contribution in [3.63, 3.8) is 0 Å². The predicted octanol–water partition coefficient (Wildman–Crippen LogP) is 5.30. The standard InChI is InChI=1S/C28H34N2O5/c1-3-35-28(2,27(32)33)19-20-9-12-23(13-10-20)34-18-17-30-16-15-22-11-14-24(29-26(22)30)25(31)21-7-5-4-6-8-21/h9-16,21H,3-8,17-19H2,1-2H3,(H,32,33)/t28-/m0/s1. The average Bonchev–Trinajstić information content (AvgIpc) is 3.27. The van der Waals surface area contributed by atoms with Crippen molar-refractivity contribution in [1.82, 2.24) is 9.55 Å². The molecule has 0 bridgehead atoms. The summed E-state index contributed by atoms with van der Waals surface area (Å²) in [5.74, 6) is -0.0000481. The number of carbonyl (C=O) groups excluding carboxylic acids is 1. The Morgan fingerprint density at radius 1 is 1.09 bits per heavy atom. The lowest BCUT2D eigenvalue weighted by Crippen LogP contribution is -2.40. The molecule has 1 aromatic carbocycles. The third kappa shape index (κ3) is 5.90. The highest BCUT2D eigenvalue weighted by Crippen LogP contribution is 2.27. The number of hydrogen-bond donors (Lipinski definition) is 1. The van der Waals surface area contributed by atoms with Gasteiger partial charge in [0.2, 0.25) is 0 Å². The van der Waals surface area contributed by atoms with E-state index in [0.717, 1.165) is 42.3 Å². The van der Waals surface area contributed by atoms with Crippen LogP contribution in [0.4, 0.5) is 0 Å². The number of carbonyl (C=O) groups is 2. The number of aromatic nitrogens is 2. The lowest BCUT2D eigenvalue weighted by Gasteiger charge is -2.24. The molecule has 1 saturated carbocycles. The Kier molecular flexibility index (Phi) is 7.86. The van der Waals surface area contributed by atoms with Gasteiger partial charge in [-0.05, 0) is 62.6 Å². The number of rotatable bonds is 11. The number of hydrogen-bond acceptors (Lipinski definition) is 5. The predicted molar refractivity (Wildman–Crippen MR) is 134 cm³/mol. The van der Waals surface area contributed by atoms with Gasteiger partial charge in [0, 0.05) is 30.5 Å². The van der Waals surface area contributed by atoms with Crippen molar-refractivity contribution in [1.29, 1.82) is 0 Å². The zero-order chi connectivity index (χ0) is 24.8. The zero-order valence-electron chi connectivity index (χ0n) is 20.5. The second-order valence-electron chi connectivity index (χ2n) is 9.46. The summed E-state index contributed by atoms with van der Waals surface area (Å²) in [7, 11) is 0. The van der Waals surface area contributed by atoms with E-state index in [0.29, 0.717) is 31.2 Å². The molecule has 0 radical (unpaired) electrons. The molecule has 1 fully saturated rings. The molecule has 1 N–H and O–H groups in total. The number of ketones is 1. The van der Waals surface area contributed by atoms with Crippen LogP contribution in [0.2, 0.25) is 0 Å². The molecule has 1 aliphatic rings. The number of benzene rings is 1. The molecule has 35 heavy (non-hydrogen) atoms. The van der Waals surface area contributed by atoms with Gasteiger partial charge in [-0.25, -0.2) is 9.78 Å². The maximum Gasteiger partial charge on any atom is 0.336 e. The number of pyridine rings is 1. The first-order chi connectivity index (χ1) is 16.9. The Hall–Kier alpha value is -3.19. The van der Waals surface area contributed by atoms with E-state index in [-0.39, 0.29) is 18.1 Å². The summed E-state index contributed by atoms with van der Waals surface area (Å²) in [4.78, 5) is 29.2. The zero-order valence-corrected chi connectivity index (χ0v) is 20.5. The van der Waals surface area contributed by atoms with Gasteiger partial charge in [0.25, 0.3) is 0 Å². The minimum Gasteiger partial charge on any atom is -0.492 e. The third-order valence-electron chi connectivity index (χ3n) is 6.82. The summed E-state index contributed by atoms with van der Waals surface area (Å²) in [5, 5.41) is 10.5. The second-order valence-corrected chi connectivity index (χ2v) is 9.46. The number of fused-ring (bicyclic) bond motifs is 1. The minimum atomic E-state index is -1.25. The average molecular weight is 479 g/mol. The number of aliphatic carboxylic acids is 1. The molecule has 0 spiro atoms. The van der Waals surface area contributed by atoms with E-state index in [1.165, 1.54) is 6.42 Å². The molecular formula is C28H34N2O5. The van der Waals surface area contributed by atoms with Crippen LogP contribution in [0.25, 0.3) is 11.0 Å². The lowest BCUT2D eigenvalue weighted by atomic mass is 9.85. The molecule has 2 aromatic heterocycles. The summed E-state index contributed by atoms with van der Waals surface area (Å²) in [6.45, 7) is 4.76. The van der Waals surface area contributed by atoms with Crippen molar-refractivity contribution in [2.75, 3.05) is 13.2 Å². The van der Waals surface area contributed by atoms with Gasteiger partial charge < -0.3 is 19.1 Å². The third-order valence-corrected chi connectivity index (χ3v) is 6.82. The number of Topliss-reactive ketones (excluding diaryl/α,β-unsaturated/α-hetero) is 1. The molecule has 186 valence electrons. The molecule has 3 aromatic rings. The van der Waals surface area contributed by atoms with Crippen LogP contribution in [0, 0.1) is 5.92 Å². The molecule has 7 nitrogen and oxygen atoms in total. The summed E-state index contributed by atoms with van der Waals surface area (Å²) in [6.07, 6.45) is 7.65. The fourth-order valence-electron chi connectivity index (χ4n) is 4.81. The normalized spacial score (nSPS) is 16.2. The van der Waals surface area contributed by atoms with Crippen LogP contribution in [0.1, 0.15) is 62.0 Å². The number of ether oxygens (including phenoxy) is 2. The Bertz CT molecular complexity index is 1160. The molecule has 4 rings (SSSR count). The van der Waals surface area contributed by atoms with Crippen LogP contribution >= 0.6 is 0 Å². The fourth-order valence-corrected chi connectivity index (χ4v) is 4.81. The number of carboxylic acid groups (broad SMARTS) is 1.